The van der Waals surface area contributed by atoms with Crippen LogP contribution in [0.2, 0.25) is 0 Å². The van der Waals surface area contributed by atoms with Crippen LogP contribution in [0.1, 0.15) is 40.4 Å². The Morgan fingerprint density at radius 3 is 2.50 bits per heavy atom. The smallest absolute Gasteiger partial charge is 0.253 e. The van der Waals surface area contributed by atoms with Gasteiger partial charge in [0.1, 0.15) is 5.75 Å². The van der Waals surface area contributed by atoms with Gasteiger partial charge in [0.05, 0.1) is 23.8 Å². The molecule has 4 rings (SSSR count). The molecule has 7 nitrogen and oxygen atoms in total. The average molecular weight is 486 g/mol. The van der Waals surface area contributed by atoms with E-state index in [4.69, 9.17) is 4.74 Å². The Kier molecular flexibility index (Phi) is 7.68. The van der Waals surface area contributed by atoms with Crippen LogP contribution in [0, 0.1) is 19.8 Å². The maximum Gasteiger partial charge on any atom is 0.253 e. The minimum atomic E-state index is -0.502. The molecule has 0 unspecified atom stereocenters. The number of hydrogen-bond donors (Lipinski definition) is 2. The van der Waals surface area contributed by atoms with E-state index in [0.717, 1.165) is 28.1 Å². The minimum Gasteiger partial charge on any atom is -0.494 e. The van der Waals surface area contributed by atoms with E-state index in [2.05, 4.69) is 10.6 Å². The second-order valence-corrected chi connectivity index (χ2v) is 8.92. The molecule has 36 heavy (non-hydrogen) atoms. The molecule has 1 saturated heterocycles. The van der Waals surface area contributed by atoms with Gasteiger partial charge in [0.15, 0.2) is 0 Å². The van der Waals surface area contributed by atoms with Crippen molar-refractivity contribution in [3.05, 3.63) is 89.0 Å². The summed E-state index contributed by atoms with van der Waals surface area (Å²) >= 11 is 0. The quantitative estimate of drug-likeness (QED) is 0.487. The predicted molar refractivity (Wildman–Crippen MR) is 140 cm³/mol. The first kappa shape index (κ1) is 25.0. The molecule has 3 amide bonds. The molecule has 2 N–H and O–H groups in total. The monoisotopic (exact) mass is 485 g/mol. The van der Waals surface area contributed by atoms with Gasteiger partial charge in [-0.25, -0.2) is 0 Å². The second-order valence-electron chi connectivity index (χ2n) is 8.92. The van der Waals surface area contributed by atoms with Crippen molar-refractivity contribution < 1.29 is 19.1 Å². The lowest BCUT2D eigenvalue weighted by Crippen LogP contribution is -2.30. The molecular weight excluding hydrogens is 454 g/mol. The Balaban J connectivity index is 1.40. The SMILES string of the molecule is CCOc1ccc(CNC(=O)c2ccccc2NC(=O)[C@@H]2CC(=O)N(c3cccc(C)c3C)C2)cc1. The third-order valence-electron chi connectivity index (χ3n) is 6.48. The summed E-state index contributed by atoms with van der Waals surface area (Å²) in [6, 6.07) is 20.2. The van der Waals surface area contributed by atoms with Gasteiger partial charge >= 0.3 is 0 Å². The van der Waals surface area contributed by atoms with Crippen molar-refractivity contribution >= 4 is 29.1 Å². The van der Waals surface area contributed by atoms with Crippen LogP contribution in [0.5, 0.6) is 5.75 Å². The van der Waals surface area contributed by atoms with Crippen LogP contribution in [-0.4, -0.2) is 30.9 Å². The van der Waals surface area contributed by atoms with E-state index in [1.54, 1.807) is 29.2 Å². The summed E-state index contributed by atoms with van der Waals surface area (Å²) < 4.78 is 5.45. The third-order valence-corrected chi connectivity index (χ3v) is 6.48. The van der Waals surface area contributed by atoms with Crippen LogP contribution in [0.25, 0.3) is 0 Å². The molecule has 1 aliphatic rings. The molecule has 186 valence electrons. The van der Waals surface area contributed by atoms with Crippen molar-refractivity contribution in [2.45, 2.75) is 33.7 Å². The van der Waals surface area contributed by atoms with Gasteiger partial charge in [-0.1, -0.05) is 36.4 Å². The molecule has 0 spiro atoms. The van der Waals surface area contributed by atoms with Crippen molar-refractivity contribution in [1.82, 2.24) is 5.32 Å². The Morgan fingerprint density at radius 1 is 1.00 bits per heavy atom. The zero-order valence-corrected chi connectivity index (χ0v) is 20.8. The first-order valence-electron chi connectivity index (χ1n) is 12.1. The molecule has 0 radical (unpaired) electrons. The van der Waals surface area contributed by atoms with Gasteiger partial charge < -0.3 is 20.3 Å². The fourth-order valence-corrected chi connectivity index (χ4v) is 4.32. The van der Waals surface area contributed by atoms with Gasteiger partial charge in [-0.05, 0) is 67.8 Å². The summed E-state index contributed by atoms with van der Waals surface area (Å²) in [6.07, 6.45) is 0.130. The number of anilines is 2. The van der Waals surface area contributed by atoms with Gasteiger partial charge in [0.2, 0.25) is 11.8 Å². The number of carbonyl (C=O) groups excluding carboxylic acids is 3. The molecule has 1 fully saturated rings. The molecule has 0 bridgehead atoms. The predicted octanol–water partition coefficient (Wildman–Crippen LogP) is 4.62. The molecule has 1 heterocycles. The number of aryl methyl sites for hydroxylation is 1. The lowest BCUT2D eigenvalue weighted by molar-refractivity contribution is -0.122. The van der Waals surface area contributed by atoms with E-state index < -0.39 is 5.92 Å². The van der Waals surface area contributed by atoms with E-state index >= 15 is 0 Å². The van der Waals surface area contributed by atoms with Crippen LogP contribution in [0.3, 0.4) is 0 Å². The number of rotatable bonds is 8. The van der Waals surface area contributed by atoms with Crippen molar-refractivity contribution in [3.63, 3.8) is 0 Å². The molecule has 0 aromatic heterocycles. The van der Waals surface area contributed by atoms with Crippen molar-refractivity contribution in [2.75, 3.05) is 23.4 Å². The Labute approximate surface area is 211 Å². The van der Waals surface area contributed by atoms with Crippen molar-refractivity contribution in [3.8, 4) is 5.75 Å². The van der Waals surface area contributed by atoms with Crippen LogP contribution >= 0.6 is 0 Å². The van der Waals surface area contributed by atoms with E-state index in [0.29, 0.717) is 30.9 Å². The summed E-state index contributed by atoms with van der Waals surface area (Å²) in [5, 5.41) is 5.78. The molecule has 3 aromatic rings. The first-order valence-corrected chi connectivity index (χ1v) is 12.1. The Bertz CT molecular complexity index is 1270. The lowest BCUT2D eigenvalue weighted by Gasteiger charge is -2.20. The number of nitrogens with one attached hydrogen (secondary N) is 2. The molecule has 1 atom stereocenters. The summed E-state index contributed by atoms with van der Waals surface area (Å²) in [5.41, 5.74) is 4.69. The van der Waals surface area contributed by atoms with E-state index in [-0.39, 0.29) is 24.1 Å². The van der Waals surface area contributed by atoms with E-state index in [1.165, 1.54) is 0 Å². The summed E-state index contributed by atoms with van der Waals surface area (Å²) in [6.45, 7) is 7.15. The number of ether oxygens (including phenoxy) is 1. The summed E-state index contributed by atoms with van der Waals surface area (Å²) in [5.74, 6) is -0.369. The van der Waals surface area contributed by atoms with Crippen LogP contribution in [0.15, 0.2) is 66.7 Å². The van der Waals surface area contributed by atoms with Gasteiger partial charge in [-0.2, -0.15) is 0 Å². The van der Waals surface area contributed by atoms with Gasteiger partial charge in [0.25, 0.3) is 5.91 Å². The molecular formula is C29H31N3O4. The van der Waals surface area contributed by atoms with Gasteiger partial charge in [-0.3, -0.25) is 14.4 Å². The Morgan fingerprint density at radius 2 is 1.75 bits per heavy atom. The highest BCUT2D eigenvalue weighted by molar-refractivity contribution is 6.07. The molecule has 1 aliphatic heterocycles. The highest BCUT2D eigenvalue weighted by atomic mass is 16.5. The van der Waals surface area contributed by atoms with Crippen molar-refractivity contribution in [2.24, 2.45) is 5.92 Å². The summed E-state index contributed by atoms with van der Waals surface area (Å²) in [7, 11) is 0. The number of nitrogens with zero attached hydrogens (tertiary/aromatic N) is 1. The summed E-state index contributed by atoms with van der Waals surface area (Å²) in [4.78, 5) is 40.4. The second kappa shape index (κ2) is 11.1. The molecule has 7 heteroatoms. The van der Waals surface area contributed by atoms with Crippen LogP contribution in [0.4, 0.5) is 11.4 Å². The largest absolute Gasteiger partial charge is 0.494 e. The zero-order chi connectivity index (χ0) is 25.7. The van der Waals surface area contributed by atoms with E-state index in [1.807, 2.05) is 63.2 Å². The topological polar surface area (TPSA) is 87.7 Å². The number of amides is 3. The van der Waals surface area contributed by atoms with E-state index in [9.17, 15) is 14.4 Å². The molecule has 0 saturated carbocycles. The normalized spacial score (nSPS) is 15.0. The maximum atomic E-state index is 13.1. The fourth-order valence-electron chi connectivity index (χ4n) is 4.32. The van der Waals surface area contributed by atoms with Crippen LogP contribution in [-0.2, 0) is 16.1 Å². The molecule has 3 aromatic carbocycles. The third kappa shape index (κ3) is 5.57. The zero-order valence-electron chi connectivity index (χ0n) is 20.8. The first-order chi connectivity index (χ1) is 17.4. The standard InChI is InChI=1S/C29H31N3O4/c1-4-36-23-14-12-21(13-15-23)17-30-29(35)24-9-5-6-10-25(24)31-28(34)22-16-27(33)32(18-22)26-11-7-8-19(2)20(26)3/h5-15,22H,4,16-18H2,1-3H3,(H,30,35)(H,31,34)/t22-/m1/s1. The minimum absolute atomic E-state index is 0.0785. The number of carbonyl (C=O) groups is 3. The van der Waals surface area contributed by atoms with Gasteiger partial charge in [0, 0.05) is 25.2 Å². The fraction of sp³-hybridized carbons (Fsp3) is 0.276. The maximum absolute atomic E-state index is 13.1. The Hall–Kier alpha value is -4.13. The van der Waals surface area contributed by atoms with Crippen LogP contribution < -0.4 is 20.3 Å². The lowest BCUT2D eigenvalue weighted by atomic mass is 10.1. The number of hydrogen-bond acceptors (Lipinski definition) is 4. The number of benzene rings is 3. The highest BCUT2D eigenvalue weighted by Crippen LogP contribution is 2.30. The highest BCUT2D eigenvalue weighted by Gasteiger charge is 2.36. The number of para-hydroxylation sites is 1. The van der Waals surface area contributed by atoms with Gasteiger partial charge in [-0.15, -0.1) is 0 Å². The average Bonchev–Trinajstić information content (AvgIpc) is 3.27. The van der Waals surface area contributed by atoms with Crippen molar-refractivity contribution in [1.29, 1.82) is 0 Å². The molecule has 0 aliphatic carbocycles.